The lowest BCUT2D eigenvalue weighted by molar-refractivity contribution is -0.597. The zero-order valence-electron chi connectivity index (χ0n) is 16.2. The molecule has 0 aromatic heterocycles. The summed E-state index contributed by atoms with van der Waals surface area (Å²) in [7, 11) is -6.42. The number of benzene rings is 2. The Kier molecular flexibility index (Phi) is 7.34. The standard InChI is InChI=1S/C12H10I.C9H12F4O4S/c1-3-7-11(8-4-1)13-12-9-5-2-6-10-12;10-8(11,9(12,13)18(15,16)17)6-2-5-1-4(6)3-7(5)14/h1-10H;4-7,14H,1-3H2,(H,15,16,17)/q+1;/p-1. The van der Waals surface area contributed by atoms with Crippen LogP contribution in [0, 0.1) is 24.9 Å². The molecule has 1 N–H and O–H groups in total. The summed E-state index contributed by atoms with van der Waals surface area (Å²) < 4.78 is 87.1. The molecule has 4 atom stereocenters. The highest BCUT2D eigenvalue weighted by molar-refractivity contribution is 7.86. The molecule has 10 heteroatoms. The fourth-order valence-corrected chi connectivity index (χ4v) is 6.91. The van der Waals surface area contributed by atoms with Crippen molar-refractivity contribution in [3.05, 3.63) is 67.8 Å². The van der Waals surface area contributed by atoms with Gasteiger partial charge in [-0.15, -0.1) is 0 Å². The highest BCUT2D eigenvalue weighted by Crippen LogP contribution is 2.58. The van der Waals surface area contributed by atoms with E-state index in [-0.39, 0.29) is 40.5 Å². The van der Waals surface area contributed by atoms with E-state index in [1.165, 1.54) is 7.14 Å². The van der Waals surface area contributed by atoms with E-state index in [2.05, 4.69) is 60.7 Å². The van der Waals surface area contributed by atoms with Gasteiger partial charge in [-0.2, -0.15) is 17.6 Å². The number of alkyl halides is 4. The van der Waals surface area contributed by atoms with Crippen molar-refractivity contribution in [1.29, 1.82) is 0 Å². The van der Waals surface area contributed by atoms with Gasteiger partial charge >= 0.3 is 32.4 Å². The largest absolute Gasteiger partial charge is 0.743 e. The molecule has 0 radical (unpaired) electrons. The van der Waals surface area contributed by atoms with Gasteiger partial charge in [0, 0.05) is 5.92 Å². The number of halogens is 5. The molecule has 4 rings (SSSR count). The normalized spacial score (nSPS) is 25.7. The van der Waals surface area contributed by atoms with Gasteiger partial charge in [-0.1, -0.05) is 36.4 Å². The van der Waals surface area contributed by atoms with Crippen LogP contribution in [0.5, 0.6) is 0 Å². The molecule has 4 nitrogen and oxygen atoms in total. The summed E-state index contributed by atoms with van der Waals surface area (Å²) in [6.07, 6.45) is -1.08. The lowest BCUT2D eigenvalue weighted by Crippen LogP contribution is -3.61. The Labute approximate surface area is 188 Å². The topological polar surface area (TPSA) is 77.4 Å². The molecule has 170 valence electrons. The van der Waals surface area contributed by atoms with E-state index in [0.717, 1.165) is 0 Å². The average Bonchev–Trinajstić information content (AvgIpc) is 3.29. The van der Waals surface area contributed by atoms with Crippen molar-refractivity contribution < 1.29 is 56.8 Å². The zero-order chi connectivity index (χ0) is 22.9. The lowest BCUT2D eigenvalue weighted by Gasteiger charge is -2.37. The van der Waals surface area contributed by atoms with Gasteiger partial charge in [0.2, 0.25) is 0 Å². The minimum Gasteiger partial charge on any atom is -0.743 e. The molecule has 2 aliphatic rings. The zero-order valence-corrected chi connectivity index (χ0v) is 19.1. The van der Waals surface area contributed by atoms with Gasteiger partial charge in [0.25, 0.3) is 0 Å². The second kappa shape index (κ2) is 9.32. The average molecular weight is 572 g/mol. The highest BCUT2D eigenvalue weighted by Gasteiger charge is 2.69. The number of aliphatic hydroxyl groups excluding tert-OH is 1. The lowest BCUT2D eigenvalue weighted by atomic mass is 9.83. The summed E-state index contributed by atoms with van der Waals surface area (Å²) >= 11 is 0.0287. The van der Waals surface area contributed by atoms with Crippen molar-refractivity contribution in [3.63, 3.8) is 0 Å². The first-order chi connectivity index (χ1) is 14.4. The summed E-state index contributed by atoms with van der Waals surface area (Å²) in [5.41, 5.74) is 0. The molecule has 2 aliphatic carbocycles. The van der Waals surface area contributed by atoms with Gasteiger partial charge in [-0.05, 0) is 55.4 Å². The van der Waals surface area contributed by atoms with E-state index in [4.69, 9.17) is 0 Å². The van der Waals surface area contributed by atoms with Crippen LogP contribution in [0.3, 0.4) is 0 Å². The maximum atomic E-state index is 13.6. The Morgan fingerprint density at radius 3 is 1.68 bits per heavy atom. The molecule has 2 bridgehead atoms. The van der Waals surface area contributed by atoms with Crippen LogP contribution in [0.25, 0.3) is 0 Å². The summed E-state index contributed by atoms with van der Waals surface area (Å²) in [4.78, 5) is 0. The molecule has 0 amide bonds. The SMILES string of the molecule is O=S(=O)([O-])C(F)(F)C(F)(F)C1CC2CC1CC2O.c1ccc([I+]c2ccccc2)cc1. The van der Waals surface area contributed by atoms with Gasteiger partial charge < -0.3 is 9.66 Å². The molecule has 0 spiro atoms. The Morgan fingerprint density at radius 2 is 1.32 bits per heavy atom. The van der Waals surface area contributed by atoms with Crippen LogP contribution in [0.2, 0.25) is 0 Å². The molecular formula is C21H21F4IO4S. The van der Waals surface area contributed by atoms with E-state index in [9.17, 15) is 35.6 Å². The van der Waals surface area contributed by atoms with Crippen LogP contribution in [0.4, 0.5) is 17.6 Å². The molecule has 0 heterocycles. The van der Waals surface area contributed by atoms with E-state index in [1.807, 2.05) is 0 Å². The smallest absolute Gasteiger partial charge is 0.396 e. The van der Waals surface area contributed by atoms with Crippen molar-refractivity contribution in [3.8, 4) is 0 Å². The molecule has 0 aliphatic heterocycles. The molecule has 0 saturated heterocycles. The first kappa shape index (κ1) is 24.4. The molecule has 2 saturated carbocycles. The molecular weight excluding hydrogens is 551 g/mol. The first-order valence-corrected chi connectivity index (χ1v) is 13.1. The highest BCUT2D eigenvalue weighted by atomic mass is 127. The van der Waals surface area contributed by atoms with Gasteiger partial charge in [0.05, 0.1) is 6.10 Å². The Hall–Kier alpha value is -1.24. The van der Waals surface area contributed by atoms with E-state index in [0.29, 0.717) is 0 Å². The molecule has 2 aromatic carbocycles. The van der Waals surface area contributed by atoms with Crippen molar-refractivity contribution in [2.24, 2.45) is 17.8 Å². The predicted molar refractivity (Wildman–Crippen MR) is 100 cm³/mol. The van der Waals surface area contributed by atoms with Crippen molar-refractivity contribution >= 4 is 10.1 Å². The summed E-state index contributed by atoms with van der Waals surface area (Å²) in [5.74, 6) is -8.15. The fraction of sp³-hybridized carbons (Fsp3) is 0.429. The summed E-state index contributed by atoms with van der Waals surface area (Å²) in [5, 5.41) is 3.74. The number of rotatable bonds is 5. The monoisotopic (exact) mass is 572 g/mol. The Morgan fingerprint density at radius 1 is 0.839 bits per heavy atom. The third-order valence-electron chi connectivity index (χ3n) is 5.67. The fourth-order valence-electron chi connectivity index (χ4n) is 4.15. The first-order valence-electron chi connectivity index (χ1n) is 9.57. The summed E-state index contributed by atoms with van der Waals surface area (Å²) in [6.45, 7) is 0. The number of fused-ring (bicyclic) bond motifs is 2. The number of hydrogen-bond donors (Lipinski definition) is 1. The second-order valence-electron chi connectivity index (χ2n) is 7.68. The number of aliphatic hydroxyl groups is 1. The van der Waals surface area contributed by atoms with Crippen molar-refractivity contribution in [1.82, 2.24) is 0 Å². The van der Waals surface area contributed by atoms with Gasteiger partial charge in [-0.25, -0.2) is 8.42 Å². The van der Waals surface area contributed by atoms with E-state index >= 15 is 0 Å². The van der Waals surface area contributed by atoms with Gasteiger partial charge in [0.15, 0.2) is 17.3 Å². The van der Waals surface area contributed by atoms with Crippen LogP contribution in [0.1, 0.15) is 19.3 Å². The van der Waals surface area contributed by atoms with Crippen LogP contribution >= 0.6 is 0 Å². The minimum absolute atomic E-state index is 0.0287. The molecule has 4 unspecified atom stereocenters. The molecule has 2 fully saturated rings. The molecule has 2 aromatic rings. The maximum absolute atomic E-state index is 13.6. The summed E-state index contributed by atoms with van der Waals surface area (Å²) in [6, 6.07) is 21.4. The van der Waals surface area contributed by atoms with E-state index < -0.39 is 45.2 Å². The van der Waals surface area contributed by atoms with Crippen LogP contribution in [0.15, 0.2) is 60.7 Å². The predicted octanol–water partition coefficient (Wildman–Crippen LogP) is 0.982. The second-order valence-corrected chi connectivity index (χ2v) is 12.1. The van der Waals surface area contributed by atoms with Gasteiger partial charge in [-0.3, -0.25) is 0 Å². The quantitative estimate of drug-likeness (QED) is 0.330. The van der Waals surface area contributed by atoms with Crippen LogP contribution in [-0.4, -0.2) is 35.4 Å². The van der Waals surface area contributed by atoms with Gasteiger partial charge in [0.1, 0.15) is 0 Å². The number of hydrogen-bond acceptors (Lipinski definition) is 4. The minimum atomic E-state index is -6.42. The third-order valence-corrected chi connectivity index (χ3v) is 9.26. The third kappa shape index (κ3) is 5.23. The van der Waals surface area contributed by atoms with Crippen molar-refractivity contribution in [2.45, 2.75) is 36.5 Å². The van der Waals surface area contributed by atoms with Crippen LogP contribution < -0.4 is 21.2 Å². The Balaban J connectivity index is 0.000000185. The maximum Gasteiger partial charge on any atom is 0.396 e. The van der Waals surface area contributed by atoms with Crippen LogP contribution in [-0.2, 0) is 10.1 Å². The van der Waals surface area contributed by atoms with E-state index in [1.54, 1.807) is 0 Å². The molecule has 31 heavy (non-hydrogen) atoms. The Bertz CT molecular complexity index is 934. The van der Waals surface area contributed by atoms with Crippen molar-refractivity contribution in [2.75, 3.05) is 0 Å².